The number of nitrogens with zero attached hydrogens (tertiary/aromatic N) is 2. The number of nitro groups is 1. The van der Waals surface area contributed by atoms with Crippen molar-refractivity contribution in [2.24, 2.45) is 5.92 Å². The lowest BCUT2D eigenvalue weighted by molar-refractivity contribution is -0.384. The van der Waals surface area contributed by atoms with Crippen LogP contribution in [0.25, 0.3) is 0 Å². The number of nitro benzene ring substituents is 1. The number of nitrogens with one attached hydrogen (secondary N) is 1. The predicted octanol–water partition coefficient (Wildman–Crippen LogP) is 1.97. The lowest BCUT2D eigenvalue weighted by atomic mass is 9.97. The second-order valence-corrected chi connectivity index (χ2v) is 5.63. The predicted molar refractivity (Wildman–Crippen MR) is 80.4 cm³/mol. The number of benzene rings is 1. The van der Waals surface area contributed by atoms with Gasteiger partial charge in [0.05, 0.1) is 4.92 Å². The molecule has 1 amide bonds. The van der Waals surface area contributed by atoms with Gasteiger partial charge in [0.15, 0.2) is 0 Å². The molecule has 1 aromatic rings. The van der Waals surface area contributed by atoms with Crippen LogP contribution in [0.2, 0.25) is 0 Å². The standard InChI is InChI=1S/C15H21N3O3/c1-11-6-13(8-14(7-11)18(20)21)15(19)17-5-3-4-12(10-17)9-16-2/h6-8,12,16H,3-5,9-10H2,1-2H3. The Hall–Kier alpha value is -1.95. The molecule has 114 valence electrons. The van der Waals surface area contributed by atoms with Crippen molar-refractivity contribution in [3.8, 4) is 0 Å². The average Bonchev–Trinajstić information content (AvgIpc) is 2.46. The summed E-state index contributed by atoms with van der Waals surface area (Å²) < 4.78 is 0. The van der Waals surface area contributed by atoms with E-state index in [4.69, 9.17) is 0 Å². The number of amides is 1. The molecule has 2 rings (SSSR count). The summed E-state index contributed by atoms with van der Waals surface area (Å²) >= 11 is 0. The van der Waals surface area contributed by atoms with Crippen LogP contribution in [0, 0.1) is 23.0 Å². The van der Waals surface area contributed by atoms with Crippen LogP contribution in [-0.4, -0.2) is 42.4 Å². The fourth-order valence-corrected chi connectivity index (χ4v) is 2.88. The number of carbonyl (C=O) groups excluding carboxylic acids is 1. The smallest absolute Gasteiger partial charge is 0.270 e. The highest BCUT2D eigenvalue weighted by molar-refractivity contribution is 5.95. The van der Waals surface area contributed by atoms with E-state index in [2.05, 4.69) is 5.32 Å². The van der Waals surface area contributed by atoms with Crippen molar-refractivity contribution >= 4 is 11.6 Å². The number of piperidine rings is 1. The minimum absolute atomic E-state index is 0.0258. The van der Waals surface area contributed by atoms with E-state index in [0.717, 1.165) is 31.5 Å². The van der Waals surface area contributed by atoms with E-state index in [1.165, 1.54) is 12.1 Å². The molecule has 0 bridgehead atoms. The molecular weight excluding hydrogens is 270 g/mol. The second kappa shape index (κ2) is 6.67. The maximum Gasteiger partial charge on any atom is 0.270 e. The number of rotatable bonds is 4. The van der Waals surface area contributed by atoms with E-state index in [0.29, 0.717) is 18.0 Å². The minimum atomic E-state index is -0.455. The van der Waals surface area contributed by atoms with Crippen LogP contribution in [0.4, 0.5) is 5.69 Å². The van der Waals surface area contributed by atoms with Crippen molar-refractivity contribution in [1.82, 2.24) is 10.2 Å². The molecule has 0 spiro atoms. The van der Waals surface area contributed by atoms with Gasteiger partial charge in [0.2, 0.25) is 0 Å². The Balaban J connectivity index is 2.17. The number of aryl methyl sites for hydroxylation is 1. The van der Waals surface area contributed by atoms with E-state index in [9.17, 15) is 14.9 Å². The molecule has 1 aliphatic rings. The lowest BCUT2D eigenvalue weighted by Gasteiger charge is -2.32. The largest absolute Gasteiger partial charge is 0.338 e. The van der Waals surface area contributed by atoms with Gasteiger partial charge in [0, 0.05) is 30.8 Å². The summed E-state index contributed by atoms with van der Waals surface area (Å²) in [6, 6.07) is 4.57. The molecule has 0 aliphatic carbocycles. The van der Waals surface area contributed by atoms with Crippen LogP contribution < -0.4 is 5.32 Å². The first kappa shape index (κ1) is 15.4. The summed E-state index contributed by atoms with van der Waals surface area (Å²) in [5.74, 6) is 0.343. The Kier molecular flexibility index (Phi) is 4.90. The van der Waals surface area contributed by atoms with Crippen molar-refractivity contribution in [3.05, 3.63) is 39.4 Å². The third kappa shape index (κ3) is 3.78. The zero-order valence-corrected chi connectivity index (χ0v) is 12.5. The lowest BCUT2D eigenvalue weighted by Crippen LogP contribution is -2.42. The van der Waals surface area contributed by atoms with E-state index in [-0.39, 0.29) is 11.6 Å². The molecule has 1 atom stereocenters. The summed E-state index contributed by atoms with van der Waals surface area (Å²) in [6.07, 6.45) is 2.09. The van der Waals surface area contributed by atoms with Crippen LogP contribution in [0.15, 0.2) is 18.2 Å². The van der Waals surface area contributed by atoms with Gasteiger partial charge >= 0.3 is 0 Å². The Labute approximate surface area is 124 Å². The summed E-state index contributed by atoms with van der Waals surface area (Å²) in [7, 11) is 1.91. The molecule has 0 saturated carbocycles. The third-order valence-electron chi connectivity index (χ3n) is 3.82. The summed E-state index contributed by atoms with van der Waals surface area (Å²) in [4.78, 5) is 24.8. The maximum absolute atomic E-state index is 12.6. The van der Waals surface area contributed by atoms with Crippen molar-refractivity contribution in [2.45, 2.75) is 19.8 Å². The van der Waals surface area contributed by atoms with Crippen LogP contribution in [0.5, 0.6) is 0 Å². The minimum Gasteiger partial charge on any atom is -0.338 e. The van der Waals surface area contributed by atoms with Crippen molar-refractivity contribution in [2.75, 3.05) is 26.7 Å². The number of hydrogen-bond acceptors (Lipinski definition) is 4. The zero-order chi connectivity index (χ0) is 15.4. The van der Waals surface area contributed by atoms with Gasteiger partial charge < -0.3 is 10.2 Å². The monoisotopic (exact) mass is 291 g/mol. The fraction of sp³-hybridized carbons (Fsp3) is 0.533. The van der Waals surface area contributed by atoms with Gasteiger partial charge in [-0.3, -0.25) is 14.9 Å². The number of non-ortho nitro benzene ring substituents is 1. The molecule has 0 radical (unpaired) electrons. The third-order valence-corrected chi connectivity index (χ3v) is 3.82. The molecule has 1 fully saturated rings. The van der Waals surface area contributed by atoms with Gasteiger partial charge in [-0.2, -0.15) is 0 Å². The Morgan fingerprint density at radius 1 is 1.48 bits per heavy atom. The van der Waals surface area contributed by atoms with Gasteiger partial charge in [0.25, 0.3) is 11.6 Å². The van der Waals surface area contributed by atoms with Crippen LogP contribution in [0.3, 0.4) is 0 Å². The van der Waals surface area contributed by atoms with E-state index >= 15 is 0 Å². The first-order valence-electron chi connectivity index (χ1n) is 7.21. The number of likely N-dealkylation sites (tertiary alicyclic amines) is 1. The summed E-state index contributed by atoms with van der Waals surface area (Å²) in [5.41, 5.74) is 1.12. The SMILES string of the molecule is CNCC1CCCN(C(=O)c2cc(C)cc([N+](=O)[O-])c2)C1. The van der Waals surface area contributed by atoms with Gasteiger partial charge in [-0.15, -0.1) is 0 Å². The quantitative estimate of drug-likeness (QED) is 0.680. The Morgan fingerprint density at radius 3 is 2.90 bits per heavy atom. The molecular formula is C15H21N3O3. The molecule has 1 aromatic carbocycles. The van der Waals surface area contributed by atoms with Gasteiger partial charge in [0.1, 0.15) is 0 Å². The highest BCUT2D eigenvalue weighted by atomic mass is 16.6. The molecule has 0 aromatic heterocycles. The average molecular weight is 291 g/mol. The molecule has 6 heteroatoms. The molecule has 1 saturated heterocycles. The van der Waals surface area contributed by atoms with Gasteiger partial charge in [-0.25, -0.2) is 0 Å². The second-order valence-electron chi connectivity index (χ2n) is 5.63. The van der Waals surface area contributed by atoms with Gasteiger partial charge in [-0.05, 0) is 50.9 Å². The molecule has 21 heavy (non-hydrogen) atoms. The number of carbonyl (C=O) groups is 1. The molecule has 1 N–H and O–H groups in total. The van der Waals surface area contributed by atoms with Crippen molar-refractivity contribution in [1.29, 1.82) is 0 Å². The fourth-order valence-electron chi connectivity index (χ4n) is 2.88. The first-order chi connectivity index (χ1) is 10.0. The van der Waals surface area contributed by atoms with E-state index in [1.54, 1.807) is 13.0 Å². The van der Waals surface area contributed by atoms with Crippen LogP contribution in [-0.2, 0) is 0 Å². The first-order valence-corrected chi connectivity index (χ1v) is 7.21. The highest BCUT2D eigenvalue weighted by Gasteiger charge is 2.25. The zero-order valence-electron chi connectivity index (χ0n) is 12.5. The van der Waals surface area contributed by atoms with Gasteiger partial charge in [-0.1, -0.05) is 0 Å². The topological polar surface area (TPSA) is 75.5 Å². The van der Waals surface area contributed by atoms with Crippen LogP contribution >= 0.6 is 0 Å². The van der Waals surface area contributed by atoms with Crippen LogP contribution in [0.1, 0.15) is 28.8 Å². The summed E-state index contributed by atoms with van der Waals surface area (Å²) in [6.45, 7) is 4.09. The Bertz CT molecular complexity index is 543. The van der Waals surface area contributed by atoms with Crippen molar-refractivity contribution < 1.29 is 9.72 Å². The molecule has 1 unspecified atom stereocenters. The summed E-state index contributed by atoms with van der Waals surface area (Å²) in [5, 5.41) is 14.1. The maximum atomic E-state index is 12.6. The van der Waals surface area contributed by atoms with E-state index in [1.807, 2.05) is 11.9 Å². The normalized spacial score (nSPS) is 18.6. The Morgan fingerprint density at radius 2 is 2.24 bits per heavy atom. The van der Waals surface area contributed by atoms with E-state index < -0.39 is 4.92 Å². The van der Waals surface area contributed by atoms with Crippen molar-refractivity contribution in [3.63, 3.8) is 0 Å². The molecule has 1 aliphatic heterocycles. The molecule has 1 heterocycles. The highest BCUT2D eigenvalue weighted by Crippen LogP contribution is 2.21. The number of hydrogen-bond donors (Lipinski definition) is 1. The molecule has 6 nitrogen and oxygen atoms in total.